The van der Waals surface area contributed by atoms with Crippen LogP contribution in [-0.2, 0) is 0 Å². The van der Waals surface area contributed by atoms with Crippen LogP contribution >= 0.6 is 11.6 Å². The van der Waals surface area contributed by atoms with Gasteiger partial charge in [-0.05, 0) is 60.9 Å². The Hall–Kier alpha value is -3.37. The molecule has 1 aromatic heterocycles. The molecule has 0 amide bonds. The van der Waals surface area contributed by atoms with Gasteiger partial charge in [0.25, 0.3) is 0 Å². The van der Waals surface area contributed by atoms with Gasteiger partial charge in [0.2, 0.25) is 0 Å². The van der Waals surface area contributed by atoms with Crippen LogP contribution in [0.2, 0.25) is 5.02 Å². The zero-order chi connectivity index (χ0) is 20.5. The second-order valence-electron chi connectivity index (χ2n) is 6.82. The lowest BCUT2D eigenvalue weighted by Gasteiger charge is -2.14. The van der Waals surface area contributed by atoms with Crippen LogP contribution in [0.1, 0.15) is 21.5 Å². The lowest BCUT2D eigenvalue weighted by molar-refractivity contribution is 0.0695. The Labute approximate surface area is 173 Å². The second kappa shape index (κ2) is 7.57. The molecule has 4 aromatic rings. The molecule has 0 fully saturated rings. The fourth-order valence-electron chi connectivity index (χ4n) is 3.47. The summed E-state index contributed by atoms with van der Waals surface area (Å²) < 4.78 is 6.03. The van der Waals surface area contributed by atoms with Crippen molar-refractivity contribution in [1.82, 2.24) is 4.98 Å². The Kier molecular flexibility index (Phi) is 4.95. The normalized spacial score (nSPS) is 10.9. The van der Waals surface area contributed by atoms with Gasteiger partial charge in [-0.1, -0.05) is 41.9 Å². The minimum Gasteiger partial charge on any atom is -0.478 e. The summed E-state index contributed by atoms with van der Waals surface area (Å²) in [6, 6.07) is 18.5. The Balaban J connectivity index is 1.80. The largest absolute Gasteiger partial charge is 0.478 e. The number of aromatic carboxylic acids is 1. The summed E-state index contributed by atoms with van der Waals surface area (Å²) in [7, 11) is 0. The van der Waals surface area contributed by atoms with E-state index in [2.05, 4.69) is 4.98 Å². The van der Waals surface area contributed by atoms with E-state index in [1.807, 2.05) is 55.6 Å². The zero-order valence-corrected chi connectivity index (χ0v) is 16.7. The number of aryl methyl sites for hydroxylation is 1. The molecule has 3 aromatic carbocycles. The van der Waals surface area contributed by atoms with Gasteiger partial charge in [0, 0.05) is 17.1 Å². The highest BCUT2D eigenvalue weighted by Crippen LogP contribution is 2.36. The van der Waals surface area contributed by atoms with Gasteiger partial charge < -0.3 is 9.84 Å². The molecule has 0 aliphatic carbocycles. The van der Waals surface area contributed by atoms with Crippen molar-refractivity contribution >= 4 is 28.5 Å². The third kappa shape index (κ3) is 3.55. The highest BCUT2D eigenvalue weighted by atomic mass is 35.5. The number of carbonyl (C=O) groups is 1. The molecule has 1 heterocycles. The Morgan fingerprint density at radius 1 is 1.03 bits per heavy atom. The molecular weight excluding hydrogens is 386 g/mol. The van der Waals surface area contributed by atoms with Crippen LogP contribution in [0.15, 0.2) is 66.9 Å². The fourth-order valence-corrected chi connectivity index (χ4v) is 3.69. The first kappa shape index (κ1) is 19.0. The van der Waals surface area contributed by atoms with E-state index in [1.54, 1.807) is 25.1 Å². The number of carboxylic acid groups (broad SMARTS) is 1. The summed E-state index contributed by atoms with van der Waals surface area (Å²) >= 11 is 6.33. The van der Waals surface area contributed by atoms with Gasteiger partial charge in [0.1, 0.15) is 11.5 Å². The molecular formula is C24H18ClNO3. The number of rotatable bonds is 4. The van der Waals surface area contributed by atoms with E-state index >= 15 is 0 Å². The molecule has 0 unspecified atom stereocenters. The van der Waals surface area contributed by atoms with Gasteiger partial charge in [-0.25, -0.2) is 4.79 Å². The Morgan fingerprint density at radius 3 is 2.59 bits per heavy atom. The molecule has 1 N–H and O–H groups in total. The summed E-state index contributed by atoms with van der Waals surface area (Å²) in [5.41, 5.74) is 4.61. The molecule has 0 aliphatic heterocycles. The number of hydrogen-bond acceptors (Lipinski definition) is 3. The van der Waals surface area contributed by atoms with E-state index in [0.717, 1.165) is 27.6 Å². The molecule has 4 rings (SSSR count). The van der Waals surface area contributed by atoms with Crippen molar-refractivity contribution in [3.63, 3.8) is 0 Å². The summed E-state index contributed by atoms with van der Waals surface area (Å²) in [4.78, 5) is 15.9. The molecule has 0 atom stereocenters. The van der Waals surface area contributed by atoms with Gasteiger partial charge in [-0.15, -0.1) is 0 Å². The maximum atomic E-state index is 11.4. The van der Waals surface area contributed by atoms with Gasteiger partial charge in [-0.3, -0.25) is 4.98 Å². The van der Waals surface area contributed by atoms with Crippen LogP contribution in [0.5, 0.6) is 11.5 Å². The first-order valence-electron chi connectivity index (χ1n) is 9.10. The van der Waals surface area contributed by atoms with Crippen molar-refractivity contribution < 1.29 is 14.6 Å². The molecule has 0 saturated carbocycles. The van der Waals surface area contributed by atoms with Gasteiger partial charge in [-0.2, -0.15) is 0 Å². The van der Waals surface area contributed by atoms with Crippen molar-refractivity contribution in [3.05, 3.63) is 88.6 Å². The van der Waals surface area contributed by atoms with E-state index in [9.17, 15) is 9.90 Å². The quantitative estimate of drug-likeness (QED) is 0.413. The lowest BCUT2D eigenvalue weighted by atomic mass is 9.97. The van der Waals surface area contributed by atoms with Crippen LogP contribution in [0, 0.1) is 13.8 Å². The van der Waals surface area contributed by atoms with Crippen molar-refractivity contribution in [2.75, 3.05) is 0 Å². The van der Waals surface area contributed by atoms with E-state index in [-0.39, 0.29) is 5.56 Å². The average molecular weight is 404 g/mol. The summed E-state index contributed by atoms with van der Waals surface area (Å²) in [5.74, 6) is 0.165. The maximum Gasteiger partial charge on any atom is 0.336 e. The summed E-state index contributed by atoms with van der Waals surface area (Å²) in [6.07, 6.45) is 1.82. The van der Waals surface area contributed by atoms with Crippen LogP contribution < -0.4 is 4.74 Å². The SMILES string of the molecule is Cc1cnc2c(Cl)cccc2c1-c1cccc(Oc2cccc(C(=O)O)c2C)c1. The van der Waals surface area contributed by atoms with E-state index in [4.69, 9.17) is 16.3 Å². The predicted molar refractivity (Wildman–Crippen MR) is 115 cm³/mol. The topological polar surface area (TPSA) is 59.4 Å². The number of benzene rings is 3. The minimum atomic E-state index is -0.975. The van der Waals surface area contributed by atoms with Crippen LogP contribution in [0.3, 0.4) is 0 Å². The van der Waals surface area contributed by atoms with Crippen molar-refractivity contribution in [1.29, 1.82) is 0 Å². The number of aromatic nitrogens is 1. The fraction of sp³-hybridized carbons (Fsp3) is 0.0833. The van der Waals surface area contributed by atoms with Crippen LogP contribution in [0.25, 0.3) is 22.0 Å². The molecule has 4 nitrogen and oxygen atoms in total. The summed E-state index contributed by atoms with van der Waals surface area (Å²) in [6.45, 7) is 3.75. The first-order chi connectivity index (χ1) is 14.0. The minimum absolute atomic E-state index is 0.226. The number of nitrogens with zero attached hydrogens (tertiary/aromatic N) is 1. The zero-order valence-electron chi connectivity index (χ0n) is 15.9. The number of pyridine rings is 1. The number of hydrogen-bond donors (Lipinski definition) is 1. The Morgan fingerprint density at radius 2 is 1.79 bits per heavy atom. The number of ether oxygens (including phenoxy) is 1. The summed E-state index contributed by atoms with van der Waals surface area (Å²) in [5, 5.41) is 10.9. The first-order valence-corrected chi connectivity index (χ1v) is 9.48. The second-order valence-corrected chi connectivity index (χ2v) is 7.22. The third-order valence-electron chi connectivity index (χ3n) is 4.90. The van der Waals surface area contributed by atoms with Crippen molar-refractivity contribution in [3.8, 4) is 22.6 Å². The standard InChI is InChI=1S/C24H18ClNO3/c1-14-13-26-23-19(9-4-10-20(23)25)22(14)16-6-3-7-17(12-16)29-21-11-5-8-18(15(21)2)24(27)28/h3-13H,1-2H3,(H,27,28). The van der Waals surface area contributed by atoms with Gasteiger partial charge >= 0.3 is 5.97 Å². The number of para-hydroxylation sites is 1. The number of carboxylic acids is 1. The molecule has 0 spiro atoms. The molecule has 0 aliphatic rings. The van der Waals surface area contributed by atoms with E-state index < -0.39 is 5.97 Å². The van der Waals surface area contributed by atoms with Crippen LogP contribution in [-0.4, -0.2) is 16.1 Å². The molecule has 0 saturated heterocycles. The van der Waals surface area contributed by atoms with Gasteiger partial charge in [0.05, 0.1) is 16.1 Å². The number of halogens is 1. The van der Waals surface area contributed by atoms with Crippen molar-refractivity contribution in [2.45, 2.75) is 13.8 Å². The van der Waals surface area contributed by atoms with Crippen LogP contribution in [0.4, 0.5) is 0 Å². The van der Waals surface area contributed by atoms with E-state index in [0.29, 0.717) is 22.1 Å². The molecule has 5 heteroatoms. The predicted octanol–water partition coefficient (Wildman–Crippen LogP) is 6.66. The smallest absolute Gasteiger partial charge is 0.336 e. The highest BCUT2D eigenvalue weighted by molar-refractivity contribution is 6.35. The Bertz CT molecular complexity index is 1250. The monoisotopic (exact) mass is 403 g/mol. The van der Waals surface area contributed by atoms with Gasteiger partial charge in [0.15, 0.2) is 0 Å². The van der Waals surface area contributed by atoms with Crippen molar-refractivity contribution in [2.24, 2.45) is 0 Å². The molecule has 0 bridgehead atoms. The average Bonchev–Trinajstić information content (AvgIpc) is 2.69. The number of fused-ring (bicyclic) bond motifs is 1. The molecule has 0 radical (unpaired) electrons. The molecule has 29 heavy (non-hydrogen) atoms. The lowest BCUT2D eigenvalue weighted by Crippen LogP contribution is -2.01. The van der Waals surface area contributed by atoms with E-state index in [1.165, 1.54) is 0 Å². The molecule has 144 valence electrons. The third-order valence-corrected chi connectivity index (χ3v) is 5.21. The maximum absolute atomic E-state index is 11.4. The highest BCUT2D eigenvalue weighted by Gasteiger charge is 2.14.